The van der Waals surface area contributed by atoms with Crippen LogP contribution in [0.25, 0.3) is 0 Å². The fraction of sp³-hybridized carbons (Fsp3) is 0.493. The summed E-state index contributed by atoms with van der Waals surface area (Å²) >= 11 is 0. The van der Waals surface area contributed by atoms with E-state index in [4.69, 9.17) is 0 Å². The Hall–Kier alpha value is -4.68. The third kappa shape index (κ3) is 10.9. The van der Waals surface area contributed by atoms with Gasteiger partial charge < -0.3 is 0 Å². The van der Waals surface area contributed by atoms with Crippen LogP contribution in [0.2, 0.25) is 0 Å². The summed E-state index contributed by atoms with van der Waals surface area (Å²) in [5.74, 6) is 0. The van der Waals surface area contributed by atoms with E-state index in [1.54, 1.807) is 0 Å². The van der Waals surface area contributed by atoms with Crippen LogP contribution in [0.4, 0.5) is 0 Å². The van der Waals surface area contributed by atoms with E-state index in [1.165, 1.54) is 77.9 Å². The molecule has 6 aromatic rings. The van der Waals surface area contributed by atoms with Crippen molar-refractivity contribution in [3.63, 3.8) is 0 Å². The molecule has 71 heavy (non-hydrogen) atoms. The van der Waals surface area contributed by atoms with Crippen molar-refractivity contribution < 1.29 is 0 Å². The van der Waals surface area contributed by atoms with E-state index in [-0.39, 0.29) is 43.3 Å². The van der Waals surface area contributed by atoms with Gasteiger partial charge in [-0.15, -0.1) is 0 Å². The molecule has 0 unspecified atom stereocenters. The summed E-state index contributed by atoms with van der Waals surface area (Å²) in [6.45, 7) is 57.9. The van der Waals surface area contributed by atoms with E-state index in [0.717, 1.165) is 6.42 Å². The molecule has 0 nitrogen and oxygen atoms in total. The van der Waals surface area contributed by atoms with Crippen LogP contribution in [0.3, 0.4) is 0 Å². The van der Waals surface area contributed by atoms with Crippen LogP contribution in [0.5, 0.6) is 0 Å². The zero-order valence-corrected chi connectivity index (χ0v) is 49.4. The molecule has 0 N–H and O–H groups in total. The van der Waals surface area contributed by atoms with Crippen LogP contribution in [-0.4, -0.2) is 0 Å². The lowest BCUT2D eigenvalue weighted by atomic mass is 9.44. The van der Waals surface area contributed by atoms with E-state index in [0.29, 0.717) is 0 Å². The van der Waals surface area contributed by atoms with Crippen molar-refractivity contribution in [3.05, 3.63) is 211 Å². The van der Waals surface area contributed by atoms with Gasteiger partial charge in [-0.3, -0.25) is 0 Å². The van der Waals surface area contributed by atoms with Gasteiger partial charge in [-0.25, -0.2) is 0 Å². The molecule has 0 aliphatic heterocycles. The molecule has 0 amide bonds. The molecule has 0 bridgehead atoms. The highest BCUT2D eigenvalue weighted by molar-refractivity contribution is 5.70. The van der Waals surface area contributed by atoms with Gasteiger partial charge in [0, 0.05) is 5.41 Å². The second-order valence-corrected chi connectivity index (χ2v) is 29.7. The van der Waals surface area contributed by atoms with E-state index >= 15 is 0 Å². The third-order valence-corrected chi connectivity index (χ3v) is 15.7. The summed E-state index contributed by atoms with van der Waals surface area (Å²) in [5.41, 5.74) is 16.5. The SMILES string of the molecule is CC(C)(C)c1ccc(CC(c2ccccc2)(c2ccccc2)C(c2ccc(C(C)(C)C)cc2C(C)(C)C)(c2ccc(C(C)(C)C)cc2C(C)(C)C)c2ccc(C(C)(C)C)cc2C(C)(C)C)c(C(C)(C)C)c1. The molecule has 0 aliphatic carbocycles. The Morgan fingerprint density at radius 1 is 0.225 bits per heavy atom. The van der Waals surface area contributed by atoms with Crippen LogP contribution in [0.1, 0.15) is 244 Å². The summed E-state index contributed by atoms with van der Waals surface area (Å²) < 4.78 is 0. The highest BCUT2D eigenvalue weighted by Gasteiger charge is 2.60. The zero-order valence-electron chi connectivity index (χ0n) is 49.4. The highest BCUT2D eigenvalue weighted by atomic mass is 14.6. The predicted molar refractivity (Wildman–Crippen MR) is 313 cm³/mol. The van der Waals surface area contributed by atoms with Crippen molar-refractivity contribution in [2.45, 2.75) is 227 Å². The first-order valence-electron chi connectivity index (χ1n) is 27.0. The number of benzene rings is 6. The van der Waals surface area contributed by atoms with Crippen LogP contribution in [0.15, 0.2) is 133 Å². The lowest BCUT2D eigenvalue weighted by Gasteiger charge is -2.57. The molecule has 0 heteroatoms. The van der Waals surface area contributed by atoms with Gasteiger partial charge in [0.25, 0.3) is 0 Å². The van der Waals surface area contributed by atoms with Crippen LogP contribution < -0.4 is 0 Å². The Morgan fingerprint density at radius 2 is 0.479 bits per heavy atom. The van der Waals surface area contributed by atoms with Gasteiger partial charge in [0.1, 0.15) is 0 Å². The normalized spacial score (nSPS) is 14.0. The van der Waals surface area contributed by atoms with Gasteiger partial charge in [0.2, 0.25) is 0 Å². The number of hydrogen-bond acceptors (Lipinski definition) is 0. The Bertz CT molecular complexity index is 2580. The maximum Gasteiger partial charge on any atom is 0.0600 e. The molecule has 0 aromatic heterocycles. The second-order valence-electron chi connectivity index (χ2n) is 29.7. The van der Waals surface area contributed by atoms with Gasteiger partial charge in [-0.1, -0.05) is 300 Å². The molecule has 380 valence electrons. The zero-order chi connectivity index (χ0) is 53.3. The lowest BCUT2D eigenvalue weighted by molar-refractivity contribution is 0.333. The first-order valence-corrected chi connectivity index (χ1v) is 27.0. The minimum atomic E-state index is -0.857. The second kappa shape index (κ2) is 18.7. The summed E-state index contributed by atoms with van der Waals surface area (Å²) in [5, 5.41) is 0. The molecule has 0 spiro atoms. The Labute approximate surface area is 435 Å². The number of hydrogen-bond donors (Lipinski definition) is 0. The van der Waals surface area contributed by atoms with Crippen LogP contribution in [-0.2, 0) is 60.6 Å². The molecule has 6 rings (SSSR count). The van der Waals surface area contributed by atoms with Gasteiger partial charge in [0.05, 0.1) is 5.41 Å². The summed E-state index contributed by atoms with van der Waals surface area (Å²) in [6, 6.07) is 54.3. The molecule has 0 saturated heterocycles. The lowest BCUT2D eigenvalue weighted by Crippen LogP contribution is -2.56. The monoisotopic (exact) mass is 949 g/mol. The van der Waals surface area contributed by atoms with Crippen molar-refractivity contribution in [2.24, 2.45) is 0 Å². The third-order valence-electron chi connectivity index (χ3n) is 15.7. The Morgan fingerprint density at radius 3 is 0.732 bits per heavy atom. The van der Waals surface area contributed by atoms with Gasteiger partial charge in [-0.2, -0.15) is 0 Å². The van der Waals surface area contributed by atoms with Crippen LogP contribution in [0, 0.1) is 0 Å². The smallest absolute Gasteiger partial charge is 0.0600 e. The quantitative estimate of drug-likeness (QED) is 0.133. The van der Waals surface area contributed by atoms with Crippen LogP contribution >= 0.6 is 0 Å². The maximum atomic E-state index is 2.62. The Kier molecular flexibility index (Phi) is 14.6. The molecule has 0 heterocycles. The minimum Gasteiger partial charge on any atom is -0.0622 e. The van der Waals surface area contributed by atoms with E-state index < -0.39 is 10.8 Å². The van der Waals surface area contributed by atoms with E-state index in [2.05, 4.69) is 300 Å². The van der Waals surface area contributed by atoms with Crippen molar-refractivity contribution in [2.75, 3.05) is 0 Å². The summed E-state index contributed by atoms with van der Waals surface area (Å²) in [6.07, 6.45) is 0.748. The molecule has 0 atom stereocenters. The fourth-order valence-corrected chi connectivity index (χ4v) is 11.6. The molecule has 0 fully saturated rings. The maximum absolute atomic E-state index is 2.62. The predicted octanol–water partition coefficient (Wildman–Crippen LogP) is 19.6. The summed E-state index contributed by atoms with van der Waals surface area (Å²) in [4.78, 5) is 0. The molecular formula is C71H96. The highest BCUT2D eigenvalue weighted by Crippen LogP contribution is 2.63. The van der Waals surface area contributed by atoms with Crippen molar-refractivity contribution in [1.82, 2.24) is 0 Å². The Balaban J connectivity index is 2.17. The fourth-order valence-electron chi connectivity index (χ4n) is 11.6. The molecular weight excluding hydrogens is 853 g/mol. The van der Waals surface area contributed by atoms with E-state index in [9.17, 15) is 0 Å². The van der Waals surface area contributed by atoms with Crippen molar-refractivity contribution in [1.29, 1.82) is 0 Å². The summed E-state index contributed by atoms with van der Waals surface area (Å²) in [7, 11) is 0. The standard InChI is InChI=1S/C71H96/c1-62(2,3)51-36-35-48(58(43-51)66(13,14)15)47-70(49-31-27-25-28-32-49,50-33-29-26-30-34-50)71(55-40-37-52(63(4,5)6)44-59(55)67(16,17)18,56-41-38-53(64(7,8)9)45-60(56)68(19,20)21)57-42-39-54(65(10,11)12)46-61(57)69(22,23)24/h25-46H,47H2,1-24H3. The molecule has 0 aliphatic rings. The van der Waals surface area contributed by atoms with Gasteiger partial charge in [0.15, 0.2) is 0 Å². The van der Waals surface area contributed by atoms with Crippen molar-refractivity contribution in [3.8, 4) is 0 Å². The number of rotatable bonds is 8. The van der Waals surface area contributed by atoms with Crippen molar-refractivity contribution >= 4 is 0 Å². The molecule has 0 radical (unpaired) electrons. The topological polar surface area (TPSA) is 0 Å². The molecule has 0 saturated carbocycles. The average molecular weight is 950 g/mol. The van der Waals surface area contributed by atoms with Gasteiger partial charge in [-0.05, 0) is 128 Å². The molecule has 6 aromatic carbocycles. The minimum absolute atomic E-state index is 0.0124. The van der Waals surface area contributed by atoms with Gasteiger partial charge >= 0.3 is 0 Å². The van der Waals surface area contributed by atoms with E-state index in [1.807, 2.05) is 0 Å². The largest absolute Gasteiger partial charge is 0.0622 e. The average Bonchev–Trinajstić information content (AvgIpc) is 3.24. The first-order chi connectivity index (χ1) is 32.3. The first kappa shape index (κ1) is 55.6.